The van der Waals surface area contributed by atoms with Crippen LogP contribution in [0.1, 0.15) is 52.9 Å². The Balaban J connectivity index is 1.72. The molecule has 0 radical (unpaired) electrons. The summed E-state index contributed by atoms with van der Waals surface area (Å²) in [5.74, 6) is -4.10. The number of aliphatic hydroxyl groups is 1. The van der Waals surface area contributed by atoms with Crippen LogP contribution in [-0.4, -0.2) is 84.4 Å². The van der Waals surface area contributed by atoms with Crippen molar-refractivity contribution in [2.45, 2.75) is 71.2 Å². The molecule has 2 heterocycles. The first-order valence-electron chi connectivity index (χ1n) is 13.3. The van der Waals surface area contributed by atoms with Crippen LogP contribution in [-0.2, 0) is 38.2 Å². The maximum atomic E-state index is 14.0. The van der Waals surface area contributed by atoms with Gasteiger partial charge in [-0.3, -0.25) is 19.2 Å². The molecule has 5 aliphatic rings. The molecule has 0 aromatic rings. The van der Waals surface area contributed by atoms with Gasteiger partial charge < -0.3 is 24.2 Å². The summed E-state index contributed by atoms with van der Waals surface area (Å²) in [6.07, 6.45) is 0.950. The van der Waals surface area contributed by atoms with Crippen LogP contribution in [0.2, 0.25) is 0 Å². The van der Waals surface area contributed by atoms with Crippen LogP contribution in [0.5, 0.6) is 0 Å². The third-order valence-corrected chi connectivity index (χ3v) is 9.55. The zero-order valence-corrected chi connectivity index (χ0v) is 22.3. The number of carbonyl (C=O) groups excluding carboxylic acids is 5. The molecular formula is C28H35NO9. The van der Waals surface area contributed by atoms with Crippen LogP contribution in [0.3, 0.4) is 0 Å². The molecule has 10 nitrogen and oxygen atoms in total. The van der Waals surface area contributed by atoms with Crippen LogP contribution in [0.15, 0.2) is 22.9 Å². The van der Waals surface area contributed by atoms with Gasteiger partial charge in [0.1, 0.15) is 18.0 Å². The predicted molar refractivity (Wildman–Crippen MR) is 131 cm³/mol. The second kappa shape index (κ2) is 9.41. The highest BCUT2D eigenvalue weighted by atomic mass is 16.6. The summed E-state index contributed by atoms with van der Waals surface area (Å²) in [6, 6.07) is 0. The number of cyclic esters (lactones) is 1. The van der Waals surface area contributed by atoms with Crippen molar-refractivity contribution < 1.29 is 43.3 Å². The summed E-state index contributed by atoms with van der Waals surface area (Å²) in [6.45, 7) is 5.70. The molecule has 2 aliphatic heterocycles. The van der Waals surface area contributed by atoms with Crippen molar-refractivity contribution >= 4 is 29.3 Å². The summed E-state index contributed by atoms with van der Waals surface area (Å²) in [5.41, 5.74) is -1.14. The van der Waals surface area contributed by atoms with Gasteiger partial charge in [-0.05, 0) is 30.8 Å². The van der Waals surface area contributed by atoms with Gasteiger partial charge in [-0.1, -0.05) is 13.8 Å². The summed E-state index contributed by atoms with van der Waals surface area (Å²) in [7, 11) is 1.46. The normalized spacial score (nSPS) is 40.1. The van der Waals surface area contributed by atoms with E-state index in [2.05, 4.69) is 0 Å². The second-order valence-electron chi connectivity index (χ2n) is 11.7. The largest absolute Gasteiger partial charge is 0.458 e. The Hall–Kier alpha value is -2.85. The van der Waals surface area contributed by atoms with Crippen molar-refractivity contribution in [2.24, 2.45) is 22.7 Å². The first kappa shape index (κ1) is 26.7. The third kappa shape index (κ3) is 3.87. The molecule has 7 atom stereocenters. The number of likely N-dealkylation sites (tertiary alicyclic amines) is 1. The lowest BCUT2D eigenvalue weighted by atomic mass is 9.50. The fourth-order valence-corrected chi connectivity index (χ4v) is 7.59. The van der Waals surface area contributed by atoms with Gasteiger partial charge in [0.15, 0.2) is 0 Å². The topological polar surface area (TPSA) is 137 Å². The molecule has 3 fully saturated rings. The summed E-state index contributed by atoms with van der Waals surface area (Å²) < 4.78 is 17.1. The summed E-state index contributed by atoms with van der Waals surface area (Å²) >= 11 is 0. The zero-order valence-electron chi connectivity index (χ0n) is 22.3. The van der Waals surface area contributed by atoms with E-state index < -0.39 is 64.5 Å². The number of nitrogens with zero attached hydrogens (tertiary/aromatic N) is 1. The van der Waals surface area contributed by atoms with Gasteiger partial charge >= 0.3 is 11.9 Å². The lowest BCUT2D eigenvalue weighted by Crippen LogP contribution is -2.63. The number of piperidine rings is 1. The highest BCUT2D eigenvalue weighted by Gasteiger charge is 2.67. The number of esters is 2. The second-order valence-corrected chi connectivity index (χ2v) is 11.7. The van der Waals surface area contributed by atoms with E-state index >= 15 is 0 Å². The zero-order chi connectivity index (χ0) is 27.6. The van der Waals surface area contributed by atoms with Crippen LogP contribution in [0, 0.1) is 22.7 Å². The highest BCUT2D eigenvalue weighted by Crippen LogP contribution is 2.63. The molecule has 0 aromatic carbocycles. The van der Waals surface area contributed by atoms with Crippen LogP contribution in [0.25, 0.3) is 0 Å². The van der Waals surface area contributed by atoms with Gasteiger partial charge in [0.25, 0.3) is 0 Å². The van der Waals surface area contributed by atoms with Crippen LogP contribution in [0.4, 0.5) is 0 Å². The number of Topliss-reactive ketones (excluding diaryl/α,β-unsaturated/α-hetero) is 3. The molecule has 10 heteroatoms. The molecule has 1 N–H and O–H groups in total. The molecule has 1 saturated carbocycles. The molecule has 2 saturated heterocycles. The van der Waals surface area contributed by atoms with Gasteiger partial charge in [0, 0.05) is 62.6 Å². The van der Waals surface area contributed by atoms with Crippen molar-refractivity contribution in [2.75, 3.05) is 26.8 Å². The van der Waals surface area contributed by atoms with E-state index in [1.165, 1.54) is 14.0 Å². The molecule has 206 valence electrons. The number of ether oxygens (including phenoxy) is 3. The van der Waals surface area contributed by atoms with E-state index in [1.807, 2.05) is 11.8 Å². The summed E-state index contributed by atoms with van der Waals surface area (Å²) in [5, 5.41) is 10.9. The van der Waals surface area contributed by atoms with Gasteiger partial charge in [-0.25, -0.2) is 4.79 Å². The van der Waals surface area contributed by atoms with Crippen molar-refractivity contribution in [3.05, 3.63) is 22.9 Å². The maximum Gasteiger partial charge on any atom is 0.336 e. The van der Waals surface area contributed by atoms with Crippen LogP contribution >= 0.6 is 0 Å². The van der Waals surface area contributed by atoms with Gasteiger partial charge in [-0.15, -0.1) is 0 Å². The van der Waals surface area contributed by atoms with E-state index in [1.54, 1.807) is 13.1 Å². The number of aliphatic hydroxyl groups excluding tert-OH is 1. The monoisotopic (exact) mass is 529 g/mol. The Morgan fingerprint density at radius 3 is 2.47 bits per heavy atom. The quantitative estimate of drug-likeness (QED) is 0.322. The molecule has 0 amide bonds. The van der Waals surface area contributed by atoms with E-state index in [0.717, 1.165) is 0 Å². The Labute approximate surface area is 221 Å². The van der Waals surface area contributed by atoms with Crippen molar-refractivity contribution in [3.8, 4) is 0 Å². The lowest BCUT2D eigenvalue weighted by molar-refractivity contribution is -0.175. The molecule has 7 unspecified atom stereocenters. The van der Waals surface area contributed by atoms with Crippen molar-refractivity contribution in [1.82, 2.24) is 4.90 Å². The number of fused-ring (bicyclic) bond motifs is 4. The number of ketones is 3. The highest BCUT2D eigenvalue weighted by molar-refractivity contribution is 6.47. The third-order valence-electron chi connectivity index (χ3n) is 9.55. The van der Waals surface area contributed by atoms with Crippen molar-refractivity contribution in [3.63, 3.8) is 0 Å². The first-order valence-corrected chi connectivity index (χ1v) is 13.3. The molecule has 5 rings (SSSR count). The van der Waals surface area contributed by atoms with Crippen molar-refractivity contribution in [1.29, 1.82) is 0 Å². The fraction of sp³-hybridized carbons (Fsp3) is 0.679. The summed E-state index contributed by atoms with van der Waals surface area (Å²) in [4.78, 5) is 67.1. The minimum atomic E-state index is -1.23. The lowest BCUT2D eigenvalue weighted by Gasteiger charge is -2.56. The van der Waals surface area contributed by atoms with Gasteiger partial charge in [0.05, 0.1) is 24.2 Å². The number of methoxy groups -OCH3 is 1. The minimum absolute atomic E-state index is 0.0279. The Kier molecular flexibility index (Phi) is 6.62. The number of rotatable bonds is 4. The maximum absolute atomic E-state index is 14.0. The number of hydrogen-bond donors (Lipinski definition) is 1. The molecule has 0 aromatic heterocycles. The Bertz CT molecular complexity index is 1160. The van der Waals surface area contributed by atoms with Crippen LogP contribution < -0.4 is 0 Å². The molecule has 38 heavy (non-hydrogen) atoms. The molecule has 3 aliphatic carbocycles. The Morgan fingerprint density at radius 1 is 1.16 bits per heavy atom. The predicted octanol–water partition coefficient (Wildman–Crippen LogP) is 1.29. The smallest absolute Gasteiger partial charge is 0.336 e. The molecule has 0 spiro atoms. The average molecular weight is 530 g/mol. The number of hydrogen-bond acceptors (Lipinski definition) is 10. The van der Waals surface area contributed by atoms with E-state index in [4.69, 9.17) is 14.2 Å². The van der Waals surface area contributed by atoms with E-state index in [-0.39, 0.29) is 30.0 Å². The van der Waals surface area contributed by atoms with E-state index in [9.17, 15) is 29.1 Å². The minimum Gasteiger partial charge on any atom is -0.458 e. The molecule has 0 bridgehead atoms. The number of carbonyl (C=O) groups is 5. The number of allylic oxidation sites excluding steroid dienone is 1. The van der Waals surface area contributed by atoms with Gasteiger partial charge in [-0.2, -0.15) is 0 Å². The fourth-order valence-electron chi connectivity index (χ4n) is 7.59. The Morgan fingerprint density at radius 2 is 1.84 bits per heavy atom. The first-order chi connectivity index (χ1) is 17.9. The standard InChI is InChI=1S/C28H35NO9/c1-14(30)37-18-11-27(2)17(5-6-19(27)32)21-23(18)28(3)20(13-36-4)38-26(35)16(22(28)25(34)24(21)33)12-29-9-7-15(31)8-10-29/h12,17-20,22,32H,5-11,13H2,1-4H3. The average Bonchev–Trinajstić information content (AvgIpc) is 3.15. The van der Waals surface area contributed by atoms with E-state index in [0.29, 0.717) is 44.3 Å². The van der Waals surface area contributed by atoms with Gasteiger partial charge in [0.2, 0.25) is 11.6 Å². The SMILES string of the molecule is COCC1OC(=O)C(=CN2CCC(=O)CC2)C2C(=O)C(=O)C3=C(C(OC(C)=O)CC4(C)C(O)CCC34)C12C. The molecular weight excluding hydrogens is 494 g/mol.